The lowest BCUT2D eigenvalue weighted by molar-refractivity contribution is 0.0927. The van der Waals surface area contributed by atoms with Crippen molar-refractivity contribution in [3.05, 3.63) is 71.3 Å². The van der Waals surface area contributed by atoms with Crippen molar-refractivity contribution in [2.24, 2.45) is 11.7 Å². The molecule has 2 aromatic rings. The van der Waals surface area contributed by atoms with Crippen molar-refractivity contribution in [3.8, 4) is 0 Å². The van der Waals surface area contributed by atoms with E-state index in [0.717, 1.165) is 31.6 Å². The summed E-state index contributed by atoms with van der Waals surface area (Å²) in [6.07, 6.45) is 1.13. The summed E-state index contributed by atoms with van der Waals surface area (Å²) in [6, 6.07) is 18.3. The average molecular weight is 374 g/mol. The Kier molecular flexibility index (Phi) is 7.64. The van der Waals surface area contributed by atoms with Crippen LogP contribution in [0.1, 0.15) is 34.8 Å². The van der Waals surface area contributed by atoms with Gasteiger partial charge in [0.1, 0.15) is 0 Å². The summed E-state index contributed by atoms with van der Waals surface area (Å²) >= 11 is 0. The van der Waals surface area contributed by atoms with Crippen LogP contribution in [-0.2, 0) is 13.1 Å². The number of nitrogens with zero attached hydrogens (tertiary/aromatic N) is 1. The highest BCUT2D eigenvalue weighted by molar-refractivity contribution is 5.94. The summed E-state index contributed by atoms with van der Waals surface area (Å²) in [5.41, 5.74) is 8.69. The number of nitrogens with two attached hydrogens (primary N) is 1. The van der Waals surface area contributed by atoms with E-state index in [1.807, 2.05) is 30.3 Å². The van der Waals surface area contributed by atoms with Crippen molar-refractivity contribution in [1.29, 1.82) is 0 Å². The summed E-state index contributed by atoms with van der Waals surface area (Å²) in [5.74, 6) is 0.494. The maximum Gasteiger partial charge on any atom is 0.251 e. The van der Waals surface area contributed by atoms with E-state index in [0.29, 0.717) is 18.0 Å². The maximum absolute atomic E-state index is 12.4. The van der Waals surface area contributed by atoms with Crippen molar-refractivity contribution in [2.45, 2.75) is 32.5 Å². The number of benzene rings is 2. The molecule has 1 saturated heterocycles. The number of halogens is 1. The molecule has 5 heteroatoms. The van der Waals surface area contributed by atoms with Crippen LogP contribution in [0.15, 0.2) is 54.6 Å². The molecule has 1 heterocycles. The quantitative estimate of drug-likeness (QED) is 0.817. The molecule has 0 aromatic heterocycles. The lowest BCUT2D eigenvalue weighted by atomic mass is 10.00. The van der Waals surface area contributed by atoms with Gasteiger partial charge in [0.2, 0.25) is 0 Å². The Hall–Kier alpha value is -1.88. The van der Waals surface area contributed by atoms with Gasteiger partial charge in [0.25, 0.3) is 5.91 Å². The molecule has 0 radical (unpaired) electrons. The molecule has 3 rings (SSSR count). The first-order chi connectivity index (χ1) is 12.2. The van der Waals surface area contributed by atoms with Crippen LogP contribution in [0.3, 0.4) is 0 Å². The van der Waals surface area contributed by atoms with Crippen LogP contribution < -0.4 is 11.1 Å². The molecular formula is C21H28ClN3O. The zero-order valence-corrected chi connectivity index (χ0v) is 16.0. The zero-order chi connectivity index (χ0) is 17.6. The van der Waals surface area contributed by atoms with Crippen molar-refractivity contribution >= 4 is 18.3 Å². The Morgan fingerprint density at radius 1 is 1.15 bits per heavy atom. The lowest BCUT2D eigenvalue weighted by Crippen LogP contribution is -2.39. The van der Waals surface area contributed by atoms with Crippen molar-refractivity contribution < 1.29 is 4.79 Å². The van der Waals surface area contributed by atoms with Gasteiger partial charge in [0, 0.05) is 31.2 Å². The summed E-state index contributed by atoms with van der Waals surface area (Å²) < 4.78 is 0. The van der Waals surface area contributed by atoms with E-state index in [9.17, 15) is 4.79 Å². The van der Waals surface area contributed by atoms with Crippen LogP contribution in [0.2, 0.25) is 0 Å². The van der Waals surface area contributed by atoms with Crippen LogP contribution in [0.4, 0.5) is 0 Å². The molecule has 1 fully saturated rings. The average Bonchev–Trinajstić information content (AvgIpc) is 3.11. The molecule has 1 amide bonds. The second-order valence-electron chi connectivity index (χ2n) is 6.93. The summed E-state index contributed by atoms with van der Waals surface area (Å²) in [6.45, 7) is 5.71. The fourth-order valence-electron chi connectivity index (χ4n) is 3.46. The Bertz CT molecular complexity index is 690. The summed E-state index contributed by atoms with van der Waals surface area (Å²) in [4.78, 5) is 14.9. The van der Waals surface area contributed by atoms with E-state index < -0.39 is 0 Å². The first-order valence-corrected chi connectivity index (χ1v) is 9.02. The van der Waals surface area contributed by atoms with E-state index in [-0.39, 0.29) is 24.4 Å². The van der Waals surface area contributed by atoms with Gasteiger partial charge >= 0.3 is 0 Å². The number of likely N-dealkylation sites (tertiary alicyclic amines) is 1. The second kappa shape index (κ2) is 9.72. The standard InChI is InChI=1S/C21H27N3O.ClH/c1-16(23-21(25)19-9-7-17(13-22)8-10-19)20-11-12-24(15-20)14-18-5-3-2-4-6-18;/h2-10,16,20H,11-15,22H2,1H3,(H,23,25);1H. The number of hydrogen-bond donors (Lipinski definition) is 2. The Morgan fingerprint density at radius 2 is 1.85 bits per heavy atom. The number of carbonyl (C=O) groups is 1. The first kappa shape index (κ1) is 20.4. The highest BCUT2D eigenvalue weighted by Crippen LogP contribution is 2.22. The third-order valence-corrected chi connectivity index (χ3v) is 5.08. The molecule has 1 aliphatic heterocycles. The highest BCUT2D eigenvalue weighted by Gasteiger charge is 2.28. The predicted molar refractivity (Wildman–Crippen MR) is 108 cm³/mol. The minimum absolute atomic E-state index is 0. The van der Waals surface area contributed by atoms with Crippen molar-refractivity contribution in [3.63, 3.8) is 0 Å². The normalized spacial score (nSPS) is 18.2. The van der Waals surface area contributed by atoms with Crippen LogP contribution >= 0.6 is 12.4 Å². The summed E-state index contributed by atoms with van der Waals surface area (Å²) in [5, 5.41) is 3.16. The fraction of sp³-hybridized carbons (Fsp3) is 0.381. The molecule has 140 valence electrons. The topological polar surface area (TPSA) is 58.4 Å². The van der Waals surface area contributed by atoms with Gasteiger partial charge in [-0.3, -0.25) is 9.69 Å². The third-order valence-electron chi connectivity index (χ3n) is 5.08. The van der Waals surface area contributed by atoms with Crippen LogP contribution in [0, 0.1) is 5.92 Å². The van der Waals surface area contributed by atoms with E-state index in [1.54, 1.807) is 0 Å². The molecule has 0 bridgehead atoms. The molecule has 26 heavy (non-hydrogen) atoms. The Morgan fingerprint density at radius 3 is 2.50 bits per heavy atom. The van der Waals surface area contributed by atoms with Crippen LogP contribution in [0.25, 0.3) is 0 Å². The minimum Gasteiger partial charge on any atom is -0.349 e. The van der Waals surface area contributed by atoms with E-state index in [4.69, 9.17) is 5.73 Å². The third kappa shape index (κ3) is 5.31. The van der Waals surface area contributed by atoms with E-state index >= 15 is 0 Å². The largest absolute Gasteiger partial charge is 0.349 e. The molecule has 2 atom stereocenters. The number of carbonyl (C=O) groups excluding carboxylic acids is 1. The monoisotopic (exact) mass is 373 g/mol. The molecule has 3 N–H and O–H groups in total. The molecular weight excluding hydrogens is 346 g/mol. The van der Waals surface area contributed by atoms with Gasteiger partial charge < -0.3 is 11.1 Å². The number of nitrogens with one attached hydrogen (secondary N) is 1. The number of hydrogen-bond acceptors (Lipinski definition) is 3. The SMILES string of the molecule is CC(NC(=O)c1ccc(CN)cc1)C1CCN(Cc2ccccc2)C1.Cl. The van der Waals surface area contributed by atoms with Crippen molar-refractivity contribution in [2.75, 3.05) is 13.1 Å². The van der Waals surface area contributed by atoms with E-state index in [1.165, 1.54) is 5.56 Å². The first-order valence-electron chi connectivity index (χ1n) is 9.02. The Balaban J connectivity index is 0.00000243. The molecule has 0 aliphatic carbocycles. The molecule has 1 aliphatic rings. The number of amides is 1. The minimum atomic E-state index is -0.00224. The Labute approximate surface area is 162 Å². The highest BCUT2D eigenvalue weighted by atomic mass is 35.5. The van der Waals surface area contributed by atoms with Gasteiger partial charge in [-0.15, -0.1) is 12.4 Å². The maximum atomic E-state index is 12.4. The van der Waals surface area contributed by atoms with Gasteiger partial charge in [-0.05, 0) is 49.1 Å². The molecule has 2 aromatic carbocycles. The van der Waals surface area contributed by atoms with Gasteiger partial charge in [-0.2, -0.15) is 0 Å². The molecule has 2 unspecified atom stereocenters. The second-order valence-corrected chi connectivity index (χ2v) is 6.93. The van der Waals surface area contributed by atoms with Gasteiger partial charge in [0.15, 0.2) is 0 Å². The van der Waals surface area contributed by atoms with Gasteiger partial charge in [0.05, 0.1) is 0 Å². The lowest BCUT2D eigenvalue weighted by Gasteiger charge is -2.22. The van der Waals surface area contributed by atoms with E-state index in [2.05, 4.69) is 41.4 Å². The van der Waals surface area contributed by atoms with Gasteiger partial charge in [-0.25, -0.2) is 0 Å². The molecule has 0 spiro atoms. The molecule has 0 saturated carbocycles. The van der Waals surface area contributed by atoms with Crippen LogP contribution in [0.5, 0.6) is 0 Å². The predicted octanol–water partition coefficient (Wildman–Crippen LogP) is 3.21. The van der Waals surface area contributed by atoms with Crippen molar-refractivity contribution in [1.82, 2.24) is 10.2 Å². The molecule has 4 nitrogen and oxygen atoms in total. The van der Waals surface area contributed by atoms with Gasteiger partial charge in [-0.1, -0.05) is 42.5 Å². The summed E-state index contributed by atoms with van der Waals surface area (Å²) in [7, 11) is 0. The number of rotatable bonds is 6. The zero-order valence-electron chi connectivity index (χ0n) is 15.2. The fourth-order valence-corrected chi connectivity index (χ4v) is 3.46. The van der Waals surface area contributed by atoms with Crippen LogP contribution in [-0.4, -0.2) is 29.9 Å². The smallest absolute Gasteiger partial charge is 0.251 e.